The Hall–Kier alpha value is -6.06. The molecule has 9 rings (SSSR count). The van der Waals surface area contributed by atoms with Crippen LogP contribution in [-0.2, 0) is 0 Å². The fraction of sp³-hybridized carbons (Fsp3) is 0.340. The predicted octanol–water partition coefficient (Wildman–Crippen LogP) is 11.9. The molecule has 5 heterocycles. The molecule has 3 fully saturated rings. The van der Waals surface area contributed by atoms with Gasteiger partial charge in [-0.1, -0.05) is 36.4 Å². The van der Waals surface area contributed by atoms with Gasteiger partial charge in [-0.3, -0.25) is 14.4 Å². The van der Waals surface area contributed by atoms with Crippen LogP contribution in [0.5, 0.6) is 0 Å². The van der Waals surface area contributed by atoms with E-state index in [1.165, 1.54) is 0 Å². The molecule has 0 aliphatic carbocycles. The van der Waals surface area contributed by atoms with Crippen molar-refractivity contribution in [1.82, 2.24) is 14.7 Å². The Morgan fingerprint density at radius 2 is 0.970 bits per heavy atom. The molecular weight excluding hydrogens is 874 g/mol. The first-order chi connectivity index (χ1) is 32.4. The van der Waals surface area contributed by atoms with Crippen LogP contribution < -0.4 is 16.0 Å². The van der Waals surface area contributed by atoms with E-state index >= 15 is 0 Å². The van der Waals surface area contributed by atoms with Crippen LogP contribution >= 0.6 is 11.3 Å². The Balaban J connectivity index is 0.000000150. The number of anilines is 6. The minimum absolute atomic E-state index is 0.0218. The zero-order valence-electron chi connectivity index (χ0n) is 38.3. The molecule has 0 amide bonds. The molecular formula is C53H59F3N6O4S. The van der Waals surface area contributed by atoms with E-state index in [2.05, 4.69) is 44.7 Å². The number of carbonyl (C=O) groups excluding carboxylic acids is 3. The summed E-state index contributed by atoms with van der Waals surface area (Å²) in [5.41, 5.74) is 4.26. The van der Waals surface area contributed by atoms with Crippen molar-refractivity contribution in [2.24, 2.45) is 17.8 Å². The monoisotopic (exact) mass is 932 g/mol. The molecule has 3 aliphatic heterocycles. The van der Waals surface area contributed by atoms with E-state index in [0.717, 1.165) is 117 Å². The van der Waals surface area contributed by atoms with Gasteiger partial charge in [0.2, 0.25) is 0 Å². The van der Waals surface area contributed by atoms with Crippen LogP contribution in [0.4, 0.5) is 46.8 Å². The van der Waals surface area contributed by atoms with E-state index in [4.69, 9.17) is 4.42 Å². The van der Waals surface area contributed by atoms with Crippen molar-refractivity contribution < 1.29 is 32.0 Å². The zero-order chi connectivity index (χ0) is 47.3. The van der Waals surface area contributed by atoms with Gasteiger partial charge in [0.15, 0.2) is 40.7 Å². The first-order valence-electron chi connectivity index (χ1n) is 22.9. The number of Topliss-reactive ketones (excluding diaryl/α,β-unsaturated/α-hetero) is 3. The van der Waals surface area contributed by atoms with Gasteiger partial charge in [0.25, 0.3) is 0 Å². The highest BCUT2D eigenvalue weighted by atomic mass is 32.1. The van der Waals surface area contributed by atoms with Gasteiger partial charge in [-0.2, -0.15) is 0 Å². The van der Waals surface area contributed by atoms with Crippen molar-refractivity contribution in [2.45, 2.75) is 38.5 Å². The molecule has 14 heteroatoms. The highest BCUT2D eigenvalue weighted by Gasteiger charge is 2.27. The van der Waals surface area contributed by atoms with Crippen LogP contribution in [0, 0.1) is 35.2 Å². The summed E-state index contributed by atoms with van der Waals surface area (Å²) >= 11 is 1.66. The average Bonchev–Trinajstić information content (AvgIpc) is 4.08. The lowest BCUT2D eigenvalue weighted by Gasteiger charge is -2.28. The number of nitrogens with zero attached hydrogens (tertiary/aromatic N) is 3. The third-order valence-electron chi connectivity index (χ3n) is 12.6. The first kappa shape index (κ1) is 48.9. The van der Waals surface area contributed by atoms with Gasteiger partial charge in [0, 0.05) is 57.6 Å². The standard InChI is InChI=1S/C19H19F3N2O.C17H20N2O2.C17H20N2OS/c1-24-9-7-12(8-10-24)19(25)13-3-2-4-14(11-13)23-16-6-5-15(20)17(21)18(16)22;2*1-19-9-7-13(8-10-19)17(20)14-4-2-5-15(12-14)18-16-6-3-11-21-16/h2-6,11-12,23H,7-10H2,1H3;2*2-6,11-13,18H,7-10H2,1H3. The largest absolute Gasteiger partial charge is 0.449 e. The number of halogens is 3. The highest BCUT2D eigenvalue weighted by Crippen LogP contribution is 2.29. The number of rotatable bonds is 12. The fourth-order valence-electron chi connectivity index (χ4n) is 8.53. The molecule has 0 atom stereocenters. The molecule has 6 aromatic rings. The van der Waals surface area contributed by atoms with Gasteiger partial charge in [0.1, 0.15) is 0 Å². The lowest BCUT2D eigenvalue weighted by molar-refractivity contribution is 0.0850. The number of thiophene rings is 1. The van der Waals surface area contributed by atoms with E-state index in [0.29, 0.717) is 17.1 Å². The molecule has 4 aromatic carbocycles. The summed E-state index contributed by atoms with van der Waals surface area (Å²) in [5.74, 6) is -2.46. The first-order valence-corrected chi connectivity index (χ1v) is 23.8. The Bertz CT molecular complexity index is 2440. The summed E-state index contributed by atoms with van der Waals surface area (Å²) in [7, 11) is 6.25. The van der Waals surface area contributed by atoms with Crippen molar-refractivity contribution in [3.8, 4) is 0 Å². The molecule has 10 nitrogen and oxygen atoms in total. The summed E-state index contributed by atoms with van der Waals surface area (Å²) in [6, 6.07) is 31.9. The van der Waals surface area contributed by atoms with Gasteiger partial charge in [-0.05, 0) is 171 Å². The number of ketones is 3. The summed E-state index contributed by atoms with van der Waals surface area (Å²) in [4.78, 5) is 44.6. The van der Waals surface area contributed by atoms with Gasteiger partial charge >= 0.3 is 0 Å². The number of nitrogens with one attached hydrogen (secondary N) is 3. The van der Waals surface area contributed by atoms with Crippen LogP contribution in [-0.4, -0.2) is 92.5 Å². The third kappa shape index (κ3) is 13.8. The van der Waals surface area contributed by atoms with Crippen molar-refractivity contribution in [3.63, 3.8) is 0 Å². The molecule has 3 saturated heterocycles. The van der Waals surface area contributed by atoms with E-state index in [-0.39, 0.29) is 40.8 Å². The molecule has 3 aliphatic rings. The van der Waals surface area contributed by atoms with E-state index in [9.17, 15) is 27.6 Å². The molecule has 352 valence electrons. The van der Waals surface area contributed by atoms with Crippen molar-refractivity contribution in [2.75, 3.05) is 76.4 Å². The molecule has 0 radical (unpaired) electrons. The Kier molecular flexibility index (Phi) is 17.2. The summed E-state index contributed by atoms with van der Waals surface area (Å²) in [6.07, 6.45) is 7.08. The SMILES string of the molecule is CN1CCC(C(=O)c2cccc(Nc3ccc(F)c(F)c3F)c2)CC1.CN1CCC(C(=O)c2cccc(Nc3ccco3)c2)CC1.CN1CCC(C(=O)c2cccc(Nc3cccs3)c2)CC1. The van der Waals surface area contributed by atoms with Crippen LogP contribution in [0.15, 0.2) is 125 Å². The number of piperidine rings is 3. The zero-order valence-corrected chi connectivity index (χ0v) is 39.1. The lowest BCUT2D eigenvalue weighted by Crippen LogP contribution is -2.33. The van der Waals surface area contributed by atoms with Crippen molar-refractivity contribution in [3.05, 3.63) is 155 Å². The topological polar surface area (TPSA) is 110 Å². The normalized spacial score (nSPS) is 16.5. The average molecular weight is 933 g/mol. The highest BCUT2D eigenvalue weighted by molar-refractivity contribution is 7.14. The molecule has 3 N–H and O–H groups in total. The van der Waals surface area contributed by atoms with Crippen LogP contribution in [0.3, 0.4) is 0 Å². The minimum atomic E-state index is -1.52. The maximum Gasteiger partial charge on any atom is 0.196 e. The van der Waals surface area contributed by atoms with E-state index in [1.807, 2.05) is 85.2 Å². The quantitative estimate of drug-likeness (QED) is 0.0810. The maximum absolute atomic E-state index is 13.8. The lowest BCUT2D eigenvalue weighted by atomic mass is 9.89. The van der Waals surface area contributed by atoms with Crippen molar-refractivity contribution in [1.29, 1.82) is 0 Å². The molecule has 0 unspecified atom stereocenters. The fourth-order valence-corrected chi connectivity index (χ4v) is 9.17. The van der Waals surface area contributed by atoms with Gasteiger partial charge in [-0.15, -0.1) is 11.3 Å². The van der Waals surface area contributed by atoms with E-state index < -0.39 is 17.5 Å². The minimum Gasteiger partial charge on any atom is -0.449 e. The summed E-state index contributed by atoms with van der Waals surface area (Å²) in [6.45, 7) is 5.80. The number of carbonyl (C=O) groups is 3. The Morgan fingerprint density at radius 3 is 1.39 bits per heavy atom. The van der Waals surface area contributed by atoms with Crippen LogP contribution in [0.25, 0.3) is 0 Å². The maximum atomic E-state index is 13.8. The molecule has 0 saturated carbocycles. The Morgan fingerprint density at radius 1 is 0.522 bits per heavy atom. The number of furan rings is 1. The van der Waals surface area contributed by atoms with Crippen LogP contribution in [0.1, 0.15) is 69.6 Å². The molecule has 0 spiro atoms. The molecule has 2 aromatic heterocycles. The smallest absolute Gasteiger partial charge is 0.196 e. The number of hydrogen-bond donors (Lipinski definition) is 3. The van der Waals surface area contributed by atoms with Crippen molar-refractivity contribution >= 4 is 62.3 Å². The number of benzene rings is 4. The van der Waals surface area contributed by atoms with Gasteiger partial charge in [-0.25, -0.2) is 13.2 Å². The number of likely N-dealkylation sites (tertiary alicyclic amines) is 3. The number of hydrogen-bond acceptors (Lipinski definition) is 11. The summed E-state index contributed by atoms with van der Waals surface area (Å²) in [5, 5.41) is 12.3. The Labute approximate surface area is 395 Å². The summed E-state index contributed by atoms with van der Waals surface area (Å²) < 4.78 is 45.4. The second kappa shape index (κ2) is 23.6. The van der Waals surface area contributed by atoms with Gasteiger partial charge < -0.3 is 35.1 Å². The second-order valence-corrected chi connectivity index (χ2v) is 18.6. The molecule has 67 heavy (non-hydrogen) atoms. The molecule has 0 bridgehead atoms. The third-order valence-corrected chi connectivity index (χ3v) is 13.4. The van der Waals surface area contributed by atoms with E-state index in [1.54, 1.807) is 41.9 Å². The predicted molar refractivity (Wildman–Crippen MR) is 262 cm³/mol. The second-order valence-electron chi connectivity index (χ2n) is 17.6. The van der Waals surface area contributed by atoms with Gasteiger partial charge in [0.05, 0.1) is 17.0 Å². The van der Waals surface area contributed by atoms with Crippen LogP contribution in [0.2, 0.25) is 0 Å².